The molecule has 1 rings (SSSR count). The number of rotatable bonds is 7. The van der Waals surface area contributed by atoms with Gasteiger partial charge in [0.2, 0.25) is 17.7 Å². The van der Waals surface area contributed by atoms with Gasteiger partial charge >= 0.3 is 0 Å². The lowest BCUT2D eigenvalue weighted by molar-refractivity contribution is -0.135. The summed E-state index contributed by atoms with van der Waals surface area (Å²) in [6.45, 7) is 2.16. The maximum Gasteiger partial charge on any atom is 0.243 e. The summed E-state index contributed by atoms with van der Waals surface area (Å²) in [6, 6.07) is 7.44. The van der Waals surface area contributed by atoms with E-state index in [1.54, 1.807) is 33.1 Å². The maximum atomic E-state index is 12.1. The van der Waals surface area contributed by atoms with Crippen LogP contribution in [-0.2, 0) is 14.4 Å². The quantitative estimate of drug-likeness (QED) is 0.784. The Balaban J connectivity index is 2.43. The number of aryl methyl sites for hydroxylation is 1. The number of benzene rings is 1. The minimum absolute atomic E-state index is 0.0395. The van der Waals surface area contributed by atoms with E-state index in [2.05, 4.69) is 5.32 Å². The number of amides is 3. The van der Waals surface area contributed by atoms with Crippen molar-refractivity contribution in [3.05, 3.63) is 29.8 Å². The highest BCUT2D eigenvalue weighted by atomic mass is 16.2. The van der Waals surface area contributed by atoms with E-state index in [0.29, 0.717) is 5.69 Å². The van der Waals surface area contributed by atoms with Crippen LogP contribution in [-0.4, -0.2) is 80.2 Å². The van der Waals surface area contributed by atoms with Crippen molar-refractivity contribution in [3.8, 4) is 0 Å². The van der Waals surface area contributed by atoms with Crippen LogP contribution in [0.15, 0.2) is 24.3 Å². The number of likely N-dealkylation sites (N-methyl/N-ethyl adjacent to an activating group) is 3. The number of nitrogens with zero attached hydrogens (tertiary/aromatic N) is 3. The van der Waals surface area contributed by atoms with Gasteiger partial charge in [-0.2, -0.15) is 0 Å². The van der Waals surface area contributed by atoms with Gasteiger partial charge in [0.25, 0.3) is 0 Å². The van der Waals surface area contributed by atoms with Gasteiger partial charge in [0.15, 0.2) is 0 Å². The first-order chi connectivity index (χ1) is 11.2. The third-order valence-corrected chi connectivity index (χ3v) is 3.45. The molecule has 7 nitrogen and oxygen atoms in total. The monoisotopic (exact) mass is 334 g/mol. The molecular formula is C17H26N4O3. The highest BCUT2D eigenvalue weighted by molar-refractivity contribution is 5.94. The first-order valence-electron chi connectivity index (χ1n) is 7.68. The maximum absolute atomic E-state index is 12.1. The van der Waals surface area contributed by atoms with E-state index in [9.17, 15) is 14.4 Å². The zero-order chi connectivity index (χ0) is 18.3. The predicted molar refractivity (Wildman–Crippen MR) is 93.6 cm³/mol. The summed E-state index contributed by atoms with van der Waals surface area (Å²) >= 11 is 0. The fourth-order valence-electron chi connectivity index (χ4n) is 1.92. The third-order valence-electron chi connectivity index (χ3n) is 3.45. The third kappa shape index (κ3) is 6.78. The highest BCUT2D eigenvalue weighted by Gasteiger charge is 2.17. The lowest BCUT2D eigenvalue weighted by Gasteiger charge is -2.22. The molecule has 1 N–H and O–H groups in total. The Morgan fingerprint density at radius 2 is 1.42 bits per heavy atom. The van der Waals surface area contributed by atoms with Gasteiger partial charge in [0.1, 0.15) is 0 Å². The van der Waals surface area contributed by atoms with E-state index in [4.69, 9.17) is 0 Å². The Morgan fingerprint density at radius 1 is 0.875 bits per heavy atom. The molecule has 0 saturated heterocycles. The van der Waals surface area contributed by atoms with Crippen molar-refractivity contribution in [1.29, 1.82) is 0 Å². The van der Waals surface area contributed by atoms with Gasteiger partial charge in [-0.25, -0.2) is 0 Å². The Bertz CT molecular complexity index is 584. The zero-order valence-corrected chi connectivity index (χ0v) is 15.0. The summed E-state index contributed by atoms with van der Waals surface area (Å²) in [7, 11) is 6.59. The second-order valence-electron chi connectivity index (χ2n) is 6.12. The average Bonchev–Trinajstić information content (AvgIpc) is 2.49. The molecule has 7 heteroatoms. The minimum Gasteiger partial charge on any atom is -0.348 e. The van der Waals surface area contributed by atoms with Gasteiger partial charge in [-0.15, -0.1) is 0 Å². The van der Waals surface area contributed by atoms with E-state index in [0.717, 1.165) is 5.56 Å². The molecule has 0 radical (unpaired) electrons. The molecule has 0 bridgehead atoms. The molecule has 0 aromatic heterocycles. The van der Waals surface area contributed by atoms with Crippen LogP contribution in [0.1, 0.15) is 5.56 Å². The molecule has 0 saturated carbocycles. The van der Waals surface area contributed by atoms with Crippen LogP contribution in [0.25, 0.3) is 0 Å². The molecule has 1 aromatic rings. The number of nitrogens with one attached hydrogen (secondary N) is 1. The Labute approximate surface area is 143 Å². The van der Waals surface area contributed by atoms with Crippen LogP contribution in [0.5, 0.6) is 0 Å². The van der Waals surface area contributed by atoms with Gasteiger partial charge in [0.05, 0.1) is 19.6 Å². The van der Waals surface area contributed by atoms with Crippen LogP contribution in [0.3, 0.4) is 0 Å². The van der Waals surface area contributed by atoms with E-state index in [-0.39, 0.29) is 37.4 Å². The minimum atomic E-state index is -0.262. The number of hydrogen-bond donors (Lipinski definition) is 1. The van der Waals surface area contributed by atoms with Gasteiger partial charge in [-0.05, 0) is 26.1 Å². The molecule has 1 aromatic carbocycles. The molecule has 0 aliphatic heterocycles. The number of carbonyl (C=O) groups excluding carboxylic acids is 3. The topological polar surface area (TPSA) is 73.0 Å². The van der Waals surface area contributed by atoms with Crippen molar-refractivity contribution in [3.63, 3.8) is 0 Å². The molecule has 0 aliphatic carbocycles. The van der Waals surface area contributed by atoms with Crippen molar-refractivity contribution in [2.45, 2.75) is 6.92 Å². The average molecular weight is 334 g/mol. The summed E-state index contributed by atoms with van der Waals surface area (Å²) < 4.78 is 0. The van der Waals surface area contributed by atoms with Gasteiger partial charge < -0.3 is 15.1 Å². The molecule has 3 amide bonds. The Kier molecular flexibility index (Phi) is 7.38. The zero-order valence-electron chi connectivity index (χ0n) is 15.0. The number of hydrogen-bond acceptors (Lipinski definition) is 4. The van der Waals surface area contributed by atoms with E-state index < -0.39 is 0 Å². The van der Waals surface area contributed by atoms with Gasteiger partial charge in [0, 0.05) is 26.8 Å². The summed E-state index contributed by atoms with van der Waals surface area (Å²) in [5, 5.41) is 2.75. The van der Waals surface area contributed by atoms with Crippen molar-refractivity contribution < 1.29 is 14.4 Å². The molecule has 0 spiro atoms. The van der Waals surface area contributed by atoms with Crippen LogP contribution in [0, 0.1) is 6.92 Å². The molecule has 0 fully saturated rings. The standard InChI is InChI=1S/C17H26N4O3/c1-13-6-8-14(9-7-13)18-15(22)10-21(5)17(24)12-20(4)11-16(23)19(2)3/h6-9H,10-12H2,1-5H3,(H,18,22). The Morgan fingerprint density at radius 3 is 1.96 bits per heavy atom. The molecule has 132 valence electrons. The van der Waals surface area contributed by atoms with Gasteiger partial charge in [-0.3, -0.25) is 19.3 Å². The second kappa shape index (κ2) is 9.02. The summed E-state index contributed by atoms with van der Waals surface area (Å²) in [4.78, 5) is 40.2. The van der Waals surface area contributed by atoms with E-state index >= 15 is 0 Å². The smallest absolute Gasteiger partial charge is 0.243 e. The van der Waals surface area contributed by atoms with Crippen LogP contribution < -0.4 is 5.32 Å². The molecule has 0 unspecified atom stereocenters. The normalized spacial score (nSPS) is 10.4. The molecular weight excluding hydrogens is 308 g/mol. The van der Waals surface area contributed by atoms with Crippen molar-refractivity contribution in [2.75, 3.05) is 53.1 Å². The highest BCUT2D eigenvalue weighted by Crippen LogP contribution is 2.08. The number of carbonyl (C=O) groups is 3. The fraction of sp³-hybridized carbons (Fsp3) is 0.471. The summed E-state index contributed by atoms with van der Waals surface area (Å²) in [5.74, 6) is -0.560. The van der Waals surface area contributed by atoms with E-state index in [1.165, 1.54) is 9.80 Å². The lowest BCUT2D eigenvalue weighted by atomic mass is 10.2. The van der Waals surface area contributed by atoms with Crippen LogP contribution in [0.2, 0.25) is 0 Å². The SMILES string of the molecule is Cc1ccc(NC(=O)CN(C)C(=O)CN(C)CC(=O)N(C)C)cc1. The first-order valence-corrected chi connectivity index (χ1v) is 7.68. The van der Waals surface area contributed by atoms with Crippen molar-refractivity contribution in [1.82, 2.24) is 14.7 Å². The van der Waals surface area contributed by atoms with Crippen molar-refractivity contribution in [2.24, 2.45) is 0 Å². The molecule has 0 atom stereocenters. The fourth-order valence-corrected chi connectivity index (χ4v) is 1.92. The van der Waals surface area contributed by atoms with Gasteiger partial charge in [-0.1, -0.05) is 17.7 Å². The molecule has 0 heterocycles. The molecule has 0 aliphatic rings. The second-order valence-corrected chi connectivity index (χ2v) is 6.12. The van der Waals surface area contributed by atoms with Crippen LogP contribution >= 0.6 is 0 Å². The Hall–Kier alpha value is -2.41. The first kappa shape index (κ1) is 19.6. The van der Waals surface area contributed by atoms with E-state index in [1.807, 2.05) is 31.2 Å². The summed E-state index contributed by atoms with van der Waals surface area (Å²) in [6.07, 6.45) is 0. The largest absolute Gasteiger partial charge is 0.348 e. The lowest BCUT2D eigenvalue weighted by Crippen LogP contribution is -2.43. The number of anilines is 1. The predicted octanol–water partition coefficient (Wildman–Crippen LogP) is 0.412. The van der Waals surface area contributed by atoms with Crippen LogP contribution in [0.4, 0.5) is 5.69 Å². The molecule has 24 heavy (non-hydrogen) atoms. The van der Waals surface area contributed by atoms with Crippen molar-refractivity contribution >= 4 is 23.4 Å². The summed E-state index contributed by atoms with van der Waals surface area (Å²) in [5.41, 5.74) is 1.80.